The molecule has 4 nitrogen and oxygen atoms in total. The number of hydrogen-bond donors (Lipinski definition) is 2. The Morgan fingerprint density at radius 1 is 1.56 bits per heavy atom. The normalized spacial score (nSPS) is 12.5. The molecule has 16 heavy (non-hydrogen) atoms. The first kappa shape index (κ1) is 12.8. The highest BCUT2D eigenvalue weighted by Gasteiger charge is 2.12. The highest BCUT2D eigenvalue weighted by atomic mass is 16.2. The third-order valence-electron chi connectivity index (χ3n) is 2.78. The van der Waals surface area contributed by atoms with Gasteiger partial charge in [0.05, 0.1) is 0 Å². The third kappa shape index (κ3) is 3.10. The zero-order valence-corrected chi connectivity index (χ0v) is 10.2. The van der Waals surface area contributed by atoms with Crippen LogP contribution in [0, 0.1) is 6.92 Å². The van der Waals surface area contributed by atoms with Gasteiger partial charge in [-0.05, 0) is 38.8 Å². The lowest BCUT2D eigenvalue weighted by Gasteiger charge is -2.13. The van der Waals surface area contributed by atoms with E-state index in [0.717, 1.165) is 12.1 Å². The maximum Gasteiger partial charge on any atom is 0.268 e. The van der Waals surface area contributed by atoms with E-state index in [4.69, 9.17) is 5.11 Å². The second-order valence-corrected chi connectivity index (χ2v) is 4.16. The number of hydrogen-bond acceptors (Lipinski definition) is 2. The zero-order valence-electron chi connectivity index (χ0n) is 10.2. The summed E-state index contributed by atoms with van der Waals surface area (Å²) in [7, 11) is 1.88. The number of amides is 1. The second-order valence-electron chi connectivity index (χ2n) is 4.16. The maximum absolute atomic E-state index is 11.9. The van der Waals surface area contributed by atoms with Gasteiger partial charge in [-0.15, -0.1) is 0 Å². The summed E-state index contributed by atoms with van der Waals surface area (Å²) >= 11 is 0. The van der Waals surface area contributed by atoms with Crippen molar-refractivity contribution in [3.8, 4) is 0 Å². The van der Waals surface area contributed by atoms with Gasteiger partial charge in [0, 0.05) is 25.4 Å². The number of nitrogens with one attached hydrogen (secondary N) is 1. The van der Waals surface area contributed by atoms with Crippen LogP contribution < -0.4 is 5.32 Å². The van der Waals surface area contributed by atoms with Crippen molar-refractivity contribution in [3.05, 3.63) is 23.5 Å². The average Bonchev–Trinajstić information content (AvgIpc) is 2.57. The second kappa shape index (κ2) is 5.70. The van der Waals surface area contributed by atoms with Crippen molar-refractivity contribution in [1.29, 1.82) is 0 Å². The van der Waals surface area contributed by atoms with Gasteiger partial charge in [0.2, 0.25) is 0 Å². The number of aromatic nitrogens is 1. The van der Waals surface area contributed by atoms with Crippen molar-refractivity contribution in [2.24, 2.45) is 7.05 Å². The van der Waals surface area contributed by atoms with Gasteiger partial charge in [-0.3, -0.25) is 4.79 Å². The standard InChI is InChI=1S/C12H20N2O2/c1-9(5-4-8-15)13-12(16)11-7-6-10(2)14(11)3/h6-7,9,15H,4-5,8H2,1-3H3,(H,13,16). The third-order valence-corrected chi connectivity index (χ3v) is 2.78. The fraction of sp³-hybridized carbons (Fsp3) is 0.583. The first-order valence-corrected chi connectivity index (χ1v) is 5.60. The number of aliphatic hydroxyl groups excluding tert-OH is 1. The van der Waals surface area contributed by atoms with Gasteiger partial charge in [-0.25, -0.2) is 0 Å². The van der Waals surface area contributed by atoms with E-state index in [1.807, 2.05) is 37.6 Å². The molecule has 1 rings (SSSR count). The van der Waals surface area contributed by atoms with Crippen LogP contribution in [0.1, 0.15) is 35.9 Å². The van der Waals surface area contributed by atoms with E-state index in [0.29, 0.717) is 12.1 Å². The Labute approximate surface area is 96.3 Å². The molecule has 90 valence electrons. The lowest BCUT2D eigenvalue weighted by atomic mass is 10.2. The highest BCUT2D eigenvalue weighted by Crippen LogP contribution is 2.06. The molecule has 0 saturated carbocycles. The molecule has 0 spiro atoms. The van der Waals surface area contributed by atoms with Crippen LogP contribution in [-0.4, -0.2) is 28.2 Å². The van der Waals surface area contributed by atoms with Gasteiger partial charge in [-0.2, -0.15) is 0 Å². The van der Waals surface area contributed by atoms with Crippen LogP contribution in [0.3, 0.4) is 0 Å². The van der Waals surface area contributed by atoms with Crippen LogP contribution in [-0.2, 0) is 7.05 Å². The summed E-state index contributed by atoms with van der Waals surface area (Å²) in [6, 6.07) is 3.84. The summed E-state index contributed by atoms with van der Waals surface area (Å²) in [5.74, 6) is -0.0546. The number of aryl methyl sites for hydroxylation is 1. The van der Waals surface area contributed by atoms with Crippen LogP contribution >= 0.6 is 0 Å². The molecule has 1 aromatic rings. The molecule has 1 unspecified atom stereocenters. The van der Waals surface area contributed by atoms with E-state index in [9.17, 15) is 4.79 Å². The fourth-order valence-corrected chi connectivity index (χ4v) is 1.61. The Balaban J connectivity index is 2.55. The molecule has 0 aliphatic rings. The molecule has 1 aromatic heterocycles. The molecule has 2 N–H and O–H groups in total. The van der Waals surface area contributed by atoms with E-state index in [2.05, 4.69) is 5.32 Å². The highest BCUT2D eigenvalue weighted by molar-refractivity contribution is 5.93. The molecular formula is C12H20N2O2. The Bertz CT molecular complexity index is 358. The molecule has 0 aliphatic carbocycles. The minimum absolute atomic E-state index is 0.0546. The SMILES string of the molecule is Cc1ccc(C(=O)NC(C)CCCO)n1C. The Kier molecular flexibility index (Phi) is 4.55. The van der Waals surface area contributed by atoms with E-state index >= 15 is 0 Å². The number of carbonyl (C=O) groups excluding carboxylic acids is 1. The van der Waals surface area contributed by atoms with Crippen LogP contribution in [0.5, 0.6) is 0 Å². The fourth-order valence-electron chi connectivity index (χ4n) is 1.61. The molecule has 4 heteroatoms. The van der Waals surface area contributed by atoms with Gasteiger partial charge >= 0.3 is 0 Å². The van der Waals surface area contributed by atoms with E-state index in [-0.39, 0.29) is 18.6 Å². The van der Waals surface area contributed by atoms with E-state index in [1.165, 1.54) is 0 Å². The van der Waals surface area contributed by atoms with E-state index in [1.54, 1.807) is 0 Å². The van der Waals surface area contributed by atoms with Gasteiger partial charge in [-0.1, -0.05) is 0 Å². The zero-order chi connectivity index (χ0) is 12.1. The average molecular weight is 224 g/mol. The van der Waals surface area contributed by atoms with Crippen molar-refractivity contribution in [2.75, 3.05) is 6.61 Å². The molecule has 0 bridgehead atoms. The van der Waals surface area contributed by atoms with Gasteiger partial charge in [0.15, 0.2) is 0 Å². The summed E-state index contributed by atoms with van der Waals surface area (Å²) in [5.41, 5.74) is 1.74. The molecule has 0 radical (unpaired) electrons. The molecule has 0 saturated heterocycles. The summed E-state index contributed by atoms with van der Waals surface area (Å²) in [6.45, 7) is 4.08. The Morgan fingerprint density at radius 2 is 2.25 bits per heavy atom. The van der Waals surface area contributed by atoms with Crippen molar-refractivity contribution < 1.29 is 9.90 Å². The number of nitrogens with zero attached hydrogens (tertiary/aromatic N) is 1. The van der Waals surface area contributed by atoms with Crippen molar-refractivity contribution in [3.63, 3.8) is 0 Å². The number of rotatable bonds is 5. The van der Waals surface area contributed by atoms with E-state index < -0.39 is 0 Å². The maximum atomic E-state index is 11.9. The molecule has 0 aromatic carbocycles. The summed E-state index contributed by atoms with van der Waals surface area (Å²) < 4.78 is 1.87. The molecule has 0 fully saturated rings. The minimum Gasteiger partial charge on any atom is -0.396 e. The van der Waals surface area contributed by atoms with Gasteiger partial charge in [0.25, 0.3) is 5.91 Å². The minimum atomic E-state index is -0.0546. The summed E-state index contributed by atoms with van der Waals surface area (Å²) in [6.07, 6.45) is 1.51. The molecule has 0 aliphatic heterocycles. The van der Waals surface area contributed by atoms with Crippen LogP contribution in [0.4, 0.5) is 0 Å². The Hall–Kier alpha value is -1.29. The first-order chi connectivity index (χ1) is 7.56. The van der Waals surface area contributed by atoms with Crippen molar-refractivity contribution in [1.82, 2.24) is 9.88 Å². The molecule has 1 amide bonds. The van der Waals surface area contributed by atoms with Crippen molar-refractivity contribution >= 4 is 5.91 Å². The topological polar surface area (TPSA) is 54.3 Å². The molecular weight excluding hydrogens is 204 g/mol. The van der Waals surface area contributed by atoms with Gasteiger partial charge in [0.1, 0.15) is 5.69 Å². The predicted molar refractivity (Wildman–Crippen MR) is 63.4 cm³/mol. The largest absolute Gasteiger partial charge is 0.396 e. The van der Waals surface area contributed by atoms with Gasteiger partial charge < -0.3 is 15.0 Å². The first-order valence-electron chi connectivity index (χ1n) is 5.60. The Morgan fingerprint density at radius 3 is 2.75 bits per heavy atom. The number of carbonyl (C=O) groups is 1. The summed E-state index contributed by atoms with van der Waals surface area (Å²) in [4.78, 5) is 11.9. The quantitative estimate of drug-likeness (QED) is 0.790. The van der Waals surface area contributed by atoms with Crippen LogP contribution in [0.15, 0.2) is 12.1 Å². The molecule has 1 heterocycles. The van der Waals surface area contributed by atoms with Crippen molar-refractivity contribution in [2.45, 2.75) is 32.7 Å². The lowest BCUT2D eigenvalue weighted by Crippen LogP contribution is -2.33. The lowest BCUT2D eigenvalue weighted by molar-refractivity contribution is 0.0928. The summed E-state index contributed by atoms with van der Waals surface area (Å²) in [5, 5.41) is 11.6. The monoisotopic (exact) mass is 224 g/mol. The molecule has 1 atom stereocenters. The smallest absolute Gasteiger partial charge is 0.268 e. The number of aliphatic hydroxyl groups is 1. The predicted octanol–water partition coefficient (Wildman–Crippen LogP) is 1.22. The van der Waals surface area contributed by atoms with Crippen LogP contribution in [0.25, 0.3) is 0 Å². The van der Waals surface area contributed by atoms with Crippen LogP contribution in [0.2, 0.25) is 0 Å².